The zero-order chi connectivity index (χ0) is 14.4. The van der Waals surface area contributed by atoms with Crippen molar-refractivity contribution in [3.05, 3.63) is 12.4 Å². The lowest BCUT2D eigenvalue weighted by molar-refractivity contribution is 0.00494. The van der Waals surface area contributed by atoms with Crippen LogP contribution in [-0.2, 0) is 0 Å². The number of rotatable bonds is 6. The number of aliphatic hydroxyl groups is 1. The van der Waals surface area contributed by atoms with Gasteiger partial charge in [-0.1, -0.05) is 13.8 Å². The monoisotopic (exact) mass is 278 g/mol. The highest BCUT2D eigenvalue weighted by Gasteiger charge is 2.31. The fourth-order valence-electron chi connectivity index (χ4n) is 2.52. The molecule has 0 bridgehead atoms. The Morgan fingerprint density at radius 3 is 2.55 bits per heavy atom. The Kier molecular flexibility index (Phi) is 5.17. The molecule has 5 nitrogen and oxygen atoms in total. The summed E-state index contributed by atoms with van der Waals surface area (Å²) in [5.74, 6) is 2.23. The van der Waals surface area contributed by atoms with Crippen LogP contribution in [0.2, 0.25) is 0 Å². The molecule has 1 aromatic heterocycles. The molecule has 0 saturated heterocycles. The zero-order valence-electron chi connectivity index (χ0n) is 12.5. The lowest BCUT2D eigenvalue weighted by Gasteiger charge is -2.35. The van der Waals surface area contributed by atoms with Gasteiger partial charge in [0.1, 0.15) is 11.6 Å². The van der Waals surface area contributed by atoms with Gasteiger partial charge in [0.05, 0.1) is 18.0 Å². The molecule has 0 aromatic carbocycles. The van der Waals surface area contributed by atoms with Gasteiger partial charge in [0.2, 0.25) is 0 Å². The number of anilines is 2. The van der Waals surface area contributed by atoms with E-state index in [0.29, 0.717) is 6.54 Å². The third kappa shape index (κ3) is 4.34. The van der Waals surface area contributed by atoms with Crippen LogP contribution in [0.15, 0.2) is 12.4 Å². The first-order valence-electron chi connectivity index (χ1n) is 7.63. The summed E-state index contributed by atoms with van der Waals surface area (Å²) >= 11 is 0. The number of nitrogens with zero attached hydrogens (tertiary/aromatic N) is 2. The molecule has 0 radical (unpaired) electrons. The van der Waals surface area contributed by atoms with Crippen molar-refractivity contribution < 1.29 is 5.11 Å². The smallest absolute Gasteiger partial charge is 0.147 e. The van der Waals surface area contributed by atoms with Gasteiger partial charge < -0.3 is 15.7 Å². The average Bonchev–Trinajstić information content (AvgIpc) is 2.47. The predicted octanol–water partition coefficient (Wildman–Crippen LogP) is 2.65. The van der Waals surface area contributed by atoms with E-state index in [9.17, 15) is 5.11 Å². The summed E-state index contributed by atoms with van der Waals surface area (Å²) in [5.41, 5.74) is -0.596. The number of hydrogen-bond donors (Lipinski definition) is 3. The minimum atomic E-state index is -0.596. The topological polar surface area (TPSA) is 70.1 Å². The first-order valence-corrected chi connectivity index (χ1v) is 7.63. The van der Waals surface area contributed by atoms with Gasteiger partial charge in [-0.25, -0.2) is 4.98 Å². The molecule has 3 N–H and O–H groups in total. The van der Waals surface area contributed by atoms with Gasteiger partial charge in [-0.15, -0.1) is 0 Å². The van der Waals surface area contributed by atoms with Crippen molar-refractivity contribution >= 4 is 11.6 Å². The van der Waals surface area contributed by atoms with Crippen LogP contribution >= 0.6 is 0 Å². The summed E-state index contributed by atoms with van der Waals surface area (Å²) in [7, 11) is 0. The van der Waals surface area contributed by atoms with Gasteiger partial charge in [0, 0.05) is 13.1 Å². The van der Waals surface area contributed by atoms with E-state index in [-0.39, 0.29) is 0 Å². The Morgan fingerprint density at radius 1 is 1.25 bits per heavy atom. The van der Waals surface area contributed by atoms with Gasteiger partial charge >= 0.3 is 0 Å². The molecule has 1 aliphatic carbocycles. The van der Waals surface area contributed by atoms with Crippen molar-refractivity contribution in [2.24, 2.45) is 5.92 Å². The molecule has 1 heterocycles. The third-order valence-corrected chi connectivity index (χ3v) is 3.99. The second-order valence-electron chi connectivity index (χ2n) is 5.98. The summed E-state index contributed by atoms with van der Waals surface area (Å²) in [6.07, 6.45) is 8.40. The maximum absolute atomic E-state index is 10.5. The molecule has 0 aliphatic heterocycles. The van der Waals surface area contributed by atoms with Crippen LogP contribution in [0.3, 0.4) is 0 Å². The maximum Gasteiger partial charge on any atom is 0.147 e. The summed E-state index contributed by atoms with van der Waals surface area (Å²) in [4.78, 5) is 8.61. The van der Waals surface area contributed by atoms with Crippen molar-refractivity contribution in [1.82, 2.24) is 9.97 Å². The highest BCUT2D eigenvalue weighted by molar-refractivity contribution is 5.41. The minimum absolute atomic E-state index is 0.547. The highest BCUT2D eigenvalue weighted by atomic mass is 16.3. The molecular weight excluding hydrogens is 252 g/mol. The Bertz CT molecular complexity index is 416. The number of aromatic nitrogens is 2. The zero-order valence-corrected chi connectivity index (χ0v) is 12.5. The SMILES string of the molecule is CCCNc1cncc(NCC2(O)CCC(C)CC2)n1. The molecule has 5 heteroatoms. The van der Waals surface area contributed by atoms with Crippen LogP contribution in [0.1, 0.15) is 46.0 Å². The van der Waals surface area contributed by atoms with E-state index >= 15 is 0 Å². The second kappa shape index (κ2) is 6.88. The number of hydrogen-bond acceptors (Lipinski definition) is 5. The molecule has 0 atom stereocenters. The van der Waals surface area contributed by atoms with Gasteiger partial charge in [0.25, 0.3) is 0 Å². The summed E-state index contributed by atoms with van der Waals surface area (Å²) in [6.45, 7) is 5.80. The standard InChI is InChI=1S/C15H26N4O/c1-3-8-17-13-9-16-10-14(19-13)18-11-15(20)6-4-12(2)5-7-15/h9-10,12,20H,3-8,11H2,1-2H3,(H2,17,18,19). The van der Waals surface area contributed by atoms with Gasteiger partial charge in [0.15, 0.2) is 0 Å². The molecule has 20 heavy (non-hydrogen) atoms. The molecular formula is C15H26N4O. The highest BCUT2D eigenvalue weighted by Crippen LogP contribution is 2.31. The molecule has 1 fully saturated rings. The summed E-state index contributed by atoms with van der Waals surface area (Å²) in [6, 6.07) is 0. The van der Waals surface area contributed by atoms with Crippen LogP contribution in [0.5, 0.6) is 0 Å². The van der Waals surface area contributed by atoms with E-state index < -0.39 is 5.60 Å². The van der Waals surface area contributed by atoms with E-state index in [1.54, 1.807) is 12.4 Å². The number of nitrogens with one attached hydrogen (secondary N) is 2. The molecule has 1 saturated carbocycles. The van der Waals surface area contributed by atoms with E-state index in [0.717, 1.165) is 56.2 Å². The minimum Gasteiger partial charge on any atom is -0.388 e. The van der Waals surface area contributed by atoms with Crippen molar-refractivity contribution in [1.29, 1.82) is 0 Å². The Labute approximate surface area is 121 Å². The van der Waals surface area contributed by atoms with Gasteiger partial charge in [-0.3, -0.25) is 4.98 Å². The molecule has 112 valence electrons. The molecule has 0 unspecified atom stereocenters. The van der Waals surface area contributed by atoms with Gasteiger partial charge in [-0.05, 0) is 38.0 Å². The molecule has 0 spiro atoms. The fraction of sp³-hybridized carbons (Fsp3) is 0.733. The normalized spacial score (nSPS) is 26.2. The van der Waals surface area contributed by atoms with E-state index in [1.165, 1.54) is 0 Å². The summed E-state index contributed by atoms with van der Waals surface area (Å²) in [5, 5.41) is 17.0. The van der Waals surface area contributed by atoms with E-state index in [2.05, 4.69) is 34.4 Å². The molecule has 0 amide bonds. The van der Waals surface area contributed by atoms with Crippen molar-refractivity contribution in [2.45, 2.75) is 51.6 Å². The first kappa shape index (κ1) is 15.0. The van der Waals surface area contributed by atoms with E-state index in [1.807, 2.05) is 0 Å². The quantitative estimate of drug-likeness (QED) is 0.746. The van der Waals surface area contributed by atoms with Crippen molar-refractivity contribution in [2.75, 3.05) is 23.7 Å². The summed E-state index contributed by atoms with van der Waals surface area (Å²) < 4.78 is 0. The van der Waals surface area contributed by atoms with Crippen LogP contribution in [0, 0.1) is 5.92 Å². The Hall–Kier alpha value is -1.36. The average molecular weight is 278 g/mol. The third-order valence-electron chi connectivity index (χ3n) is 3.99. The maximum atomic E-state index is 10.5. The molecule has 1 aliphatic rings. The van der Waals surface area contributed by atoms with Gasteiger partial charge in [-0.2, -0.15) is 0 Å². The van der Waals surface area contributed by atoms with Crippen LogP contribution in [0.25, 0.3) is 0 Å². The van der Waals surface area contributed by atoms with Crippen LogP contribution in [-0.4, -0.2) is 33.8 Å². The van der Waals surface area contributed by atoms with E-state index in [4.69, 9.17) is 0 Å². The Morgan fingerprint density at radius 2 is 1.90 bits per heavy atom. The lowest BCUT2D eigenvalue weighted by atomic mass is 9.79. The van der Waals surface area contributed by atoms with Crippen molar-refractivity contribution in [3.8, 4) is 0 Å². The fourth-order valence-corrected chi connectivity index (χ4v) is 2.52. The largest absolute Gasteiger partial charge is 0.388 e. The lowest BCUT2D eigenvalue weighted by Crippen LogP contribution is -2.40. The van der Waals surface area contributed by atoms with Crippen molar-refractivity contribution in [3.63, 3.8) is 0 Å². The van der Waals surface area contributed by atoms with Crippen LogP contribution in [0.4, 0.5) is 11.6 Å². The second-order valence-corrected chi connectivity index (χ2v) is 5.98. The predicted molar refractivity (Wildman–Crippen MR) is 81.9 cm³/mol. The van der Waals surface area contributed by atoms with Crippen LogP contribution < -0.4 is 10.6 Å². The first-order chi connectivity index (χ1) is 9.61. The Balaban J connectivity index is 1.87. The molecule has 2 rings (SSSR count). The molecule has 1 aromatic rings.